The second kappa shape index (κ2) is 6.03. The van der Waals surface area contributed by atoms with E-state index in [-0.39, 0.29) is 6.61 Å². The molecule has 0 fully saturated rings. The van der Waals surface area contributed by atoms with E-state index in [9.17, 15) is 4.39 Å². The van der Waals surface area contributed by atoms with E-state index in [0.717, 1.165) is 16.8 Å². The van der Waals surface area contributed by atoms with Crippen molar-refractivity contribution in [3.05, 3.63) is 53.8 Å². The molecule has 0 saturated heterocycles. The number of aliphatic hydroxyl groups is 1. The Kier molecular flexibility index (Phi) is 3.70. The summed E-state index contributed by atoms with van der Waals surface area (Å²) in [5, 5.41) is 16.1. The summed E-state index contributed by atoms with van der Waals surface area (Å²) in [6.45, 7) is -0.203. The molecule has 126 valence electrons. The Hall–Kier alpha value is -3.19. The lowest BCUT2D eigenvalue weighted by atomic mass is 10.1. The van der Waals surface area contributed by atoms with Crippen LogP contribution in [0.3, 0.4) is 0 Å². The second-order valence-corrected chi connectivity index (χ2v) is 5.61. The number of aromatic nitrogens is 4. The van der Waals surface area contributed by atoms with Gasteiger partial charge in [-0.3, -0.25) is 5.10 Å². The number of benzene rings is 2. The van der Waals surface area contributed by atoms with Crippen molar-refractivity contribution in [1.29, 1.82) is 0 Å². The van der Waals surface area contributed by atoms with Crippen molar-refractivity contribution in [2.24, 2.45) is 0 Å². The fourth-order valence-electron chi connectivity index (χ4n) is 2.69. The van der Waals surface area contributed by atoms with Crippen molar-refractivity contribution in [3.8, 4) is 28.5 Å². The average Bonchev–Trinajstić information content (AvgIpc) is 3.27. The van der Waals surface area contributed by atoms with E-state index < -0.39 is 5.82 Å². The molecule has 7 heteroatoms. The van der Waals surface area contributed by atoms with Crippen LogP contribution in [0.5, 0.6) is 5.75 Å². The molecule has 4 aromatic rings. The Morgan fingerprint density at radius 2 is 2.04 bits per heavy atom. The summed E-state index contributed by atoms with van der Waals surface area (Å²) in [7, 11) is 1.61. The van der Waals surface area contributed by atoms with E-state index in [1.807, 2.05) is 18.2 Å². The number of aromatic amines is 2. The number of methoxy groups -OCH3 is 1. The Morgan fingerprint density at radius 3 is 2.80 bits per heavy atom. The lowest BCUT2D eigenvalue weighted by molar-refractivity contribution is 0.281. The largest absolute Gasteiger partial charge is 0.497 e. The summed E-state index contributed by atoms with van der Waals surface area (Å²) in [5.74, 6) is 0.910. The molecule has 0 unspecified atom stereocenters. The third-order valence-electron chi connectivity index (χ3n) is 4.01. The average molecular weight is 338 g/mol. The number of H-pyrrole nitrogens is 2. The van der Waals surface area contributed by atoms with Crippen LogP contribution in [0.15, 0.2) is 42.5 Å². The number of halogens is 1. The molecule has 3 N–H and O–H groups in total. The number of imidazole rings is 1. The summed E-state index contributed by atoms with van der Waals surface area (Å²) in [5.41, 5.74) is 3.63. The molecule has 0 radical (unpaired) electrons. The van der Waals surface area contributed by atoms with Gasteiger partial charge in [0.05, 0.1) is 30.4 Å². The summed E-state index contributed by atoms with van der Waals surface area (Å²) < 4.78 is 19.4. The van der Waals surface area contributed by atoms with Crippen LogP contribution < -0.4 is 4.74 Å². The van der Waals surface area contributed by atoms with Crippen LogP contribution in [0.2, 0.25) is 0 Å². The minimum Gasteiger partial charge on any atom is -0.497 e. The number of ether oxygens (including phenoxy) is 1. The van der Waals surface area contributed by atoms with Gasteiger partial charge in [0.15, 0.2) is 5.82 Å². The monoisotopic (exact) mass is 338 g/mol. The van der Waals surface area contributed by atoms with Gasteiger partial charge in [0.2, 0.25) is 0 Å². The van der Waals surface area contributed by atoms with Gasteiger partial charge in [-0.15, -0.1) is 0 Å². The molecule has 2 aromatic carbocycles. The van der Waals surface area contributed by atoms with Gasteiger partial charge in [-0.25, -0.2) is 9.37 Å². The Bertz CT molecular complexity index is 1050. The van der Waals surface area contributed by atoms with Gasteiger partial charge in [0.1, 0.15) is 17.3 Å². The molecule has 0 spiro atoms. The van der Waals surface area contributed by atoms with Crippen LogP contribution in [-0.2, 0) is 6.61 Å². The molecule has 0 aliphatic heterocycles. The number of nitrogens with one attached hydrogen (secondary N) is 2. The number of hydrogen-bond donors (Lipinski definition) is 3. The lowest BCUT2D eigenvalue weighted by Gasteiger charge is -2.01. The number of nitrogens with zero attached hydrogens (tertiary/aromatic N) is 2. The minimum absolute atomic E-state index is 0.203. The lowest BCUT2D eigenvalue weighted by Crippen LogP contribution is -1.89. The van der Waals surface area contributed by atoms with Crippen LogP contribution in [0, 0.1) is 5.82 Å². The Balaban J connectivity index is 1.71. The molecule has 6 nitrogen and oxygen atoms in total. The van der Waals surface area contributed by atoms with E-state index in [1.165, 1.54) is 6.07 Å². The zero-order chi connectivity index (χ0) is 17.4. The highest BCUT2D eigenvalue weighted by atomic mass is 19.1. The molecule has 0 saturated carbocycles. The van der Waals surface area contributed by atoms with Gasteiger partial charge < -0.3 is 14.8 Å². The van der Waals surface area contributed by atoms with Crippen LogP contribution >= 0.6 is 0 Å². The second-order valence-electron chi connectivity index (χ2n) is 5.61. The summed E-state index contributed by atoms with van der Waals surface area (Å²) in [6, 6.07) is 11.9. The first-order chi connectivity index (χ1) is 12.2. The maximum absolute atomic E-state index is 14.2. The zero-order valence-corrected chi connectivity index (χ0v) is 13.4. The first kappa shape index (κ1) is 15.3. The Morgan fingerprint density at radius 1 is 1.16 bits per heavy atom. The third kappa shape index (κ3) is 2.74. The number of aliphatic hydroxyl groups excluding tert-OH is 1. The zero-order valence-electron chi connectivity index (χ0n) is 13.4. The quantitative estimate of drug-likeness (QED) is 0.533. The normalized spacial score (nSPS) is 11.2. The van der Waals surface area contributed by atoms with E-state index in [2.05, 4.69) is 20.2 Å². The molecule has 0 atom stereocenters. The van der Waals surface area contributed by atoms with Crippen LogP contribution in [0.1, 0.15) is 5.56 Å². The standard InChI is InChI=1S/C18H15FN4O2/c1-25-11-3-5-14-16(7-11)21-18(20-14)17-8-15(22-23-17)12-4-2-10(9-24)6-13(12)19/h2-8,24H,9H2,1H3,(H,20,21)(H,22,23). The van der Waals surface area contributed by atoms with Gasteiger partial charge in [-0.05, 0) is 35.9 Å². The molecule has 25 heavy (non-hydrogen) atoms. The van der Waals surface area contributed by atoms with Gasteiger partial charge in [-0.1, -0.05) is 6.07 Å². The van der Waals surface area contributed by atoms with Gasteiger partial charge >= 0.3 is 0 Å². The van der Waals surface area contributed by atoms with Crippen molar-refractivity contribution >= 4 is 11.0 Å². The van der Waals surface area contributed by atoms with Gasteiger partial charge in [0, 0.05) is 11.6 Å². The fraction of sp³-hybridized carbons (Fsp3) is 0.111. The highest BCUT2D eigenvalue weighted by molar-refractivity contribution is 5.80. The number of hydrogen-bond acceptors (Lipinski definition) is 4. The maximum Gasteiger partial charge on any atom is 0.156 e. The summed E-state index contributed by atoms with van der Waals surface area (Å²) >= 11 is 0. The van der Waals surface area contributed by atoms with E-state index in [1.54, 1.807) is 25.3 Å². The molecule has 0 bridgehead atoms. The highest BCUT2D eigenvalue weighted by Gasteiger charge is 2.13. The predicted molar refractivity (Wildman–Crippen MR) is 91.5 cm³/mol. The Labute approximate surface area is 142 Å². The molecular formula is C18H15FN4O2. The van der Waals surface area contributed by atoms with E-state index >= 15 is 0 Å². The molecule has 4 rings (SSSR count). The van der Waals surface area contributed by atoms with E-state index in [0.29, 0.717) is 28.3 Å². The SMILES string of the molecule is COc1ccc2nc(-c3cc(-c4ccc(CO)cc4F)n[nH]3)[nH]c2c1. The van der Waals surface area contributed by atoms with Crippen molar-refractivity contribution in [2.45, 2.75) is 6.61 Å². The fourth-order valence-corrected chi connectivity index (χ4v) is 2.69. The smallest absolute Gasteiger partial charge is 0.156 e. The molecular weight excluding hydrogens is 323 g/mol. The van der Waals surface area contributed by atoms with Gasteiger partial charge in [-0.2, -0.15) is 5.10 Å². The first-order valence-electron chi connectivity index (χ1n) is 7.67. The van der Waals surface area contributed by atoms with E-state index in [4.69, 9.17) is 9.84 Å². The maximum atomic E-state index is 14.2. The first-order valence-corrected chi connectivity index (χ1v) is 7.67. The van der Waals surface area contributed by atoms with Crippen molar-refractivity contribution in [1.82, 2.24) is 20.2 Å². The molecule has 2 aromatic heterocycles. The van der Waals surface area contributed by atoms with Gasteiger partial charge in [0.25, 0.3) is 0 Å². The molecule has 0 amide bonds. The highest BCUT2D eigenvalue weighted by Crippen LogP contribution is 2.27. The topological polar surface area (TPSA) is 86.8 Å². The van der Waals surface area contributed by atoms with Crippen molar-refractivity contribution in [2.75, 3.05) is 7.11 Å². The molecule has 0 aliphatic rings. The van der Waals surface area contributed by atoms with Crippen molar-refractivity contribution in [3.63, 3.8) is 0 Å². The van der Waals surface area contributed by atoms with Crippen molar-refractivity contribution < 1.29 is 14.2 Å². The molecule has 2 heterocycles. The number of fused-ring (bicyclic) bond motifs is 1. The summed E-state index contributed by atoms with van der Waals surface area (Å²) in [6.07, 6.45) is 0. The molecule has 0 aliphatic carbocycles. The van der Waals surface area contributed by atoms with Crippen LogP contribution in [-0.4, -0.2) is 32.4 Å². The predicted octanol–water partition coefficient (Wildman–Crippen LogP) is 3.26. The van der Waals surface area contributed by atoms with Crippen LogP contribution in [0.25, 0.3) is 33.8 Å². The van der Waals surface area contributed by atoms with Crippen LogP contribution in [0.4, 0.5) is 4.39 Å². The third-order valence-corrected chi connectivity index (χ3v) is 4.01. The minimum atomic E-state index is -0.432. The number of rotatable bonds is 4. The summed E-state index contributed by atoms with van der Waals surface area (Å²) in [4.78, 5) is 7.70.